The van der Waals surface area contributed by atoms with Crippen LogP contribution in [0.1, 0.15) is 56.6 Å². The molecule has 142 valence electrons. The topological polar surface area (TPSA) is 59.8 Å². The van der Waals surface area contributed by atoms with Gasteiger partial charge in [0.25, 0.3) is 0 Å². The molecule has 1 aromatic heterocycles. The van der Waals surface area contributed by atoms with E-state index in [2.05, 4.69) is 27.6 Å². The smallest absolute Gasteiger partial charge is 0.221 e. The predicted octanol–water partition coefficient (Wildman–Crippen LogP) is 3.74. The summed E-state index contributed by atoms with van der Waals surface area (Å²) in [6.07, 6.45) is 12.1. The third kappa shape index (κ3) is 3.52. The average molecular weight is 364 g/mol. The van der Waals surface area contributed by atoms with Crippen LogP contribution in [0.2, 0.25) is 0 Å². The Bertz CT molecular complexity index is 751. The van der Waals surface area contributed by atoms with Gasteiger partial charge in [-0.05, 0) is 67.3 Å². The van der Waals surface area contributed by atoms with Gasteiger partial charge in [0.2, 0.25) is 5.91 Å². The first kappa shape index (κ1) is 17.0. The van der Waals surface area contributed by atoms with E-state index in [0.717, 1.165) is 23.3 Å². The maximum atomic E-state index is 13.1. The minimum atomic E-state index is -0.0972. The third-order valence-electron chi connectivity index (χ3n) is 7.05. The minimum absolute atomic E-state index is 0.0972. The van der Waals surface area contributed by atoms with Crippen LogP contribution in [0.15, 0.2) is 42.7 Å². The van der Waals surface area contributed by atoms with Gasteiger partial charge in [-0.2, -0.15) is 15.0 Å². The molecule has 1 amide bonds. The van der Waals surface area contributed by atoms with Crippen molar-refractivity contribution in [1.29, 1.82) is 0 Å². The molecule has 1 heterocycles. The van der Waals surface area contributed by atoms with Gasteiger partial charge in [0.05, 0.1) is 25.0 Å². The molecule has 6 rings (SSSR count). The van der Waals surface area contributed by atoms with E-state index < -0.39 is 0 Å². The van der Waals surface area contributed by atoms with E-state index in [1.165, 1.54) is 38.5 Å². The number of hydrogen-bond acceptors (Lipinski definition) is 3. The highest BCUT2D eigenvalue weighted by atomic mass is 16.1. The Morgan fingerprint density at radius 1 is 1.04 bits per heavy atom. The van der Waals surface area contributed by atoms with E-state index in [0.29, 0.717) is 13.0 Å². The van der Waals surface area contributed by atoms with Crippen LogP contribution in [0.3, 0.4) is 0 Å². The Hall–Kier alpha value is -2.17. The summed E-state index contributed by atoms with van der Waals surface area (Å²) < 4.78 is 0. The van der Waals surface area contributed by atoms with Crippen molar-refractivity contribution >= 4 is 5.91 Å². The van der Waals surface area contributed by atoms with Crippen molar-refractivity contribution < 1.29 is 4.79 Å². The van der Waals surface area contributed by atoms with Crippen molar-refractivity contribution in [1.82, 2.24) is 20.3 Å². The first-order valence-electron chi connectivity index (χ1n) is 10.4. The standard InChI is InChI=1S/C22H28N4O/c27-21(14-22-11-16-8-17(12-22)10-18(9-16)13-22)25-20(15-26-23-6-7-24-26)19-4-2-1-3-5-19/h1-7,16-18,20H,8-15H2,(H,25,27). The molecule has 1 atom stereocenters. The minimum Gasteiger partial charge on any atom is -0.347 e. The first-order chi connectivity index (χ1) is 13.2. The molecule has 0 aliphatic heterocycles. The second-order valence-corrected chi connectivity index (χ2v) is 9.21. The van der Waals surface area contributed by atoms with Gasteiger partial charge in [-0.3, -0.25) is 4.79 Å². The molecule has 0 spiro atoms. The fourth-order valence-corrected chi connectivity index (χ4v) is 6.51. The number of hydrogen-bond donors (Lipinski definition) is 1. The van der Waals surface area contributed by atoms with E-state index in [1.807, 2.05) is 18.2 Å². The molecule has 4 saturated carbocycles. The normalized spacial score (nSPS) is 32.4. The molecule has 1 N–H and O–H groups in total. The van der Waals surface area contributed by atoms with Gasteiger partial charge in [0, 0.05) is 6.42 Å². The summed E-state index contributed by atoms with van der Waals surface area (Å²) in [4.78, 5) is 14.7. The van der Waals surface area contributed by atoms with E-state index in [-0.39, 0.29) is 17.4 Å². The number of nitrogens with zero attached hydrogens (tertiary/aromatic N) is 3. The molecule has 2 aromatic rings. The average Bonchev–Trinajstić information content (AvgIpc) is 3.13. The number of amides is 1. The fourth-order valence-electron chi connectivity index (χ4n) is 6.51. The molecular formula is C22H28N4O. The molecular weight excluding hydrogens is 336 g/mol. The largest absolute Gasteiger partial charge is 0.347 e. The van der Waals surface area contributed by atoms with Crippen LogP contribution in [0.25, 0.3) is 0 Å². The Labute approximate surface area is 160 Å². The van der Waals surface area contributed by atoms with Gasteiger partial charge in [0.1, 0.15) is 0 Å². The van der Waals surface area contributed by atoms with Crippen LogP contribution in [0.4, 0.5) is 0 Å². The molecule has 1 unspecified atom stereocenters. The lowest BCUT2D eigenvalue weighted by Gasteiger charge is -2.56. The fraction of sp³-hybridized carbons (Fsp3) is 0.591. The zero-order valence-corrected chi connectivity index (χ0v) is 15.8. The van der Waals surface area contributed by atoms with E-state index >= 15 is 0 Å². The van der Waals surface area contributed by atoms with Gasteiger partial charge in [0.15, 0.2) is 0 Å². The van der Waals surface area contributed by atoms with Gasteiger partial charge in [-0.25, -0.2) is 0 Å². The quantitative estimate of drug-likeness (QED) is 0.849. The van der Waals surface area contributed by atoms with Gasteiger partial charge in [-0.15, -0.1) is 0 Å². The Morgan fingerprint density at radius 2 is 1.63 bits per heavy atom. The molecule has 0 saturated heterocycles. The van der Waals surface area contributed by atoms with Gasteiger partial charge >= 0.3 is 0 Å². The highest BCUT2D eigenvalue weighted by molar-refractivity contribution is 5.77. The second kappa shape index (κ2) is 6.77. The van der Waals surface area contributed by atoms with Crippen LogP contribution < -0.4 is 5.32 Å². The molecule has 1 aromatic carbocycles. The maximum Gasteiger partial charge on any atom is 0.221 e. The highest BCUT2D eigenvalue weighted by Gasteiger charge is 2.51. The molecule has 4 aliphatic carbocycles. The maximum absolute atomic E-state index is 13.1. The number of nitrogens with one attached hydrogen (secondary N) is 1. The summed E-state index contributed by atoms with van der Waals surface area (Å²) in [5, 5.41) is 11.8. The molecule has 4 bridgehead atoms. The summed E-state index contributed by atoms with van der Waals surface area (Å²) in [5.74, 6) is 2.82. The summed E-state index contributed by atoms with van der Waals surface area (Å²) in [6, 6.07) is 10.1. The van der Waals surface area contributed by atoms with E-state index in [1.54, 1.807) is 17.2 Å². The van der Waals surface area contributed by atoms with Gasteiger partial charge in [-0.1, -0.05) is 30.3 Å². The van der Waals surface area contributed by atoms with Crippen LogP contribution >= 0.6 is 0 Å². The van der Waals surface area contributed by atoms with Crippen LogP contribution in [0.5, 0.6) is 0 Å². The summed E-state index contributed by atoms with van der Waals surface area (Å²) in [6.45, 7) is 0.559. The molecule has 4 fully saturated rings. The predicted molar refractivity (Wildman–Crippen MR) is 103 cm³/mol. The van der Waals surface area contributed by atoms with Crippen molar-refractivity contribution in [2.24, 2.45) is 23.2 Å². The SMILES string of the molecule is O=C(CC12CC3CC(CC(C3)C1)C2)NC(Cn1nccn1)c1ccccc1. The number of rotatable bonds is 6. The molecule has 5 heteroatoms. The zero-order valence-electron chi connectivity index (χ0n) is 15.8. The number of carbonyl (C=O) groups is 1. The molecule has 27 heavy (non-hydrogen) atoms. The lowest BCUT2D eigenvalue weighted by molar-refractivity contribution is -0.130. The summed E-state index contributed by atoms with van der Waals surface area (Å²) in [5.41, 5.74) is 1.37. The van der Waals surface area contributed by atoms with Crippen molar-refractivity contribution in [2.45, 2.75) is 57.5 Å². The lowest BCUT2D eigenvalue weighted by atomic mass is 9.49. The zero-order chi connectivity index (χ0) is 18.3. The lowest BCUT2D eigenvalue weighted by Crippen LogP contribution is -2.48. The van der Waals surface area contributed by atoms with E-state index in [4.69, 9.17) is 0 Å². The third-order valence-corrected chi connectivity index (χ3v) is 7.05. The van der Waals surface area contributed by atoms with Gasteiger partial charge < -0.3 is 5.32 Å². The molecule has 0 radical (unpaired) electrons. The Kier molecular flexibility index (Phi) is 4.25. The molecule has 4 aliphatic rings. The van der Waals surface area contributed by atoms with Crippen molar-refractivity contribution in [2.75, 3.05) is 0 Å². The number of aromatic nitrogens is 3. The number of carbonyl (C=O) groups excluding carboxylic acids is 1. The van der Waals surface area contributed by atoms with Crippen molar-refractivity contribution in [3.05, 3.63) is 48.3 Å². The highest BCUT2D eigenvalue weighted by Crippen LogP contribution is 2.61. The van der Waals surface area contributed by atoms with E-state index in [9.17, 15) is 4.79 Å². The summed E-state index contributed by atoms with van der Waals surface area (Å²) >= 11 is 0. The monoisotopic (exact) mass is 364 g/mol. The summed E-state index contributed by atoms with van der Waals surface area (Å²) in [7, 11) is 0. The van der Waals surface area contributed by atoms with Crippen molar-refractivity contribution in [3.8, 4) is 0 Å². The Morgan fingerprint density at radius 3 is 2.22 bits per heavy atom. The molecule has 5 nitrogen and oxygen atoms in total. The van der Waals surface area contributed by atoms with Crippen molar-refractivity contribution in [3.63, 3.8) is 0 Å². The first-order valence-corrected chi connectivity index (χ1v) is 10.4. The Balaban J connectivity index is 1.30. The van der Waals surface area contributed by atoms with Crippen LogP contribution in [-0.4, -0.2) is 20.9 Å². The number of benzene rings is 1. The van der Waals surface area contributed by atoms with Crippen LogP contribution in [-0.2, 0) is 11.3 Å². The van der Waals surface area contributed by atoms with Crippen LogP contribution in [0, 0.1) is 23.2 Å². The second-order valence-electron chi connectivity index (χ2n) is 9.21.